The number of amides is 1. The van der Waals surface area contributed by atoms with Crippen LogP contribution in [0.1, 0.15) is 0 Å². The van der Waals surface area contributed by atoms with E-state index in [9.17, 15) is 4.79 Å². The van der Waals surface area contributed by atoms with E-state index in [0.717, 1.165) is 26.2 Å². The average molecular weight is 223 g/mol. The summed E-state index contributed by atoms with van der Waals surface area (Å²) in [4.78, 5) is 17.4. The number of hydrogen-bond acceptors (Lipinski definition) is 4. The lowest BCUT2D eigenvalue weighted by molar-refractivity contribution is -0.123. The van der Waals surface area contributed by atoms with Crippen LogP contribution in [0.5, 0.6) is 0 Å². The molecule has 0 aliphatic carbocycles. The second kappa shape index (κ2) is 5.09. The number of rotatable bonds is 4. The molecule has 1 aliphatic rings. The highest BCUT2D eigenvalue weighted by atomic mass is 16.1. The van der Waals surface area contributed by atoms with Gasteiger partial charge in [-0.25, -0.2) is 4.98 Å². The van der Waals surface area contributed by atoms with E-state index in [0.29, 0.717) is 6.54 Å². The fraction of sp³-hybridized carbons (Fsp3) is 0.600. The van der Waals surface area contributed by atoms with Gasteiger partial charge in [-0.05, 0) is 0 Å². The molecule has 1 aromatic rings. The molecule has 2 rings (SSSR count). The van der Waals surface area contributed by atoms with Gasteiger partial charge in [0.15, 0.2) is 0 Å². The van der Waals surface area contributed by atoms with Crippen LogP contribution in [0.25, 0.3) is 0 Å². The van der Waals surface area contributed by atoms with Crippen molar-refractivity contribution in [1.29, 1.82) is 0 Å². The molecule has 1 aliphatic heterocycles. The molecule has 0 bridgehead atoms. The van der Waals surface area contributed by atoms with Crippen molar-refractivity contribution < 1.29 is 4.79 Å². The Labute approximate surface area is 94.4 Å². The van der Waals surface area contributed by atoms with Gasteiger partial charge in [0.25, 0.3) is 0 Å². The number of aromatic nitrogens is 2. The van der Waals surface area contributed by atoms with Gasteiger partial charge in [0.1, 0.15) is 6.04 Å². The van der Waals surface area contributed by atoms with Crippen molar-refractivity contribution >= 4 is 5.91 Å². The zero-order valence-electron chi connectivity index (χ0n) is 9.17. The van der Waals surface area contributed by atoms with E-state index in [4.69, 9.17) is 5.73 Å². The van der Waals surface area contributed by atoms with Crippen molar-refractivity contribution in [3.63, 3.8) is 0 Å². The first-order valence-corrected chi connectivity index (χ1v) is 5.47. The van der Waals surface area contributed by atoms with Gasteiger partial charge < -0.3 is 15.6 Å². The van der Waals surface area contributed by atoms with Gasteiger partial charge in [-0.2, -0.15) is 0 Å². The molecule has 2 heterocycles. The number of hydrogen-bond donors (Lipinski definition) is 2. The van der Waals surface area contributed by atoms with Gasteiger partial charge in [-0.1, -0.05) is 0 Å². The van der Waals surface area contributed by atoms with Crippen molar-refractivity contribution in [2.45, 2.75) is 12.6 Å². The molecule has 1 unspecified atom stereocenters. The maximum atomic E-state index is 11.2. The SMILES string of the molecule is NC(=O)C1CNCCN1CCn1ccnc1. The number of piperazine rings is 1. The highest BCUT2D eigenvalue weighted by molar-refractivity contribution is 5.80. The molecule has 16 heavy (non-hydrogen) atoms. The molecular weight excluding hydrogens is 206 g/mol. The Hall–Kier alpha value is -1.40. The van der Waals surface area contributed by atoms with E-state index in [-0.39, 0.29) is 11.9 Å². The lowest BCUT2D eigenvalue weighted by Crippen LogP contribution is -2.57. The highest BCUT2D eigenvalue weighted by Crippen LogP contribution is 2.03. The van der Waals surface area contributed by atoms with Crippen LogP contribution in [-0.4, -0.2) is 52.6 Å². The van der Waals surface area contributed by atoms with Gasteiger partial charge in [0, 0.05) is 45.1 Å². The van der Waals surface area contributed by atoms with E-state index >= 15 is 0 Å². The summed E-state index contributed by atoms with van der Waals surface area (Å²) < 4.78 is 2.00. The van der Waals surface area contributed by atoms with E-state index in [2.05, 4.69) is 15.2 Å². The molecule has 3 N–H and O–H groups in total. The number of primary amides is 1. The summed E-state index contributed by atoms with van der Waals surface area (Å²) in [5.41, 5.74) is 5.37. The monoisotopic (exact) mass is 223 g/mol. The molecule has 1 amide bonds. The summed E-state index contributed by atoms with van der Waals surface area (Å²) in [5.74, 6) is -0.252. The van der Waals surface area contributed by atoms with Crippen molar-refractivity contribution in [2.75, 3.05) is 26.2 Å². The van der Waals surface area contributed by atoms with Crippen LogP contribution in [0, 0.1) is 0 Å². The first kappa shape index (κ1) is 11.1. The molecule has 0 saturated carbocycles. The molecule has 0 spiro atoms. The van der Waals surface area contributed by atoms with Gasteiger partial charge >= 0.3 is 0 Å². The van der Waals surface area contributed by atoms with Crippen LogP contribution < -0.4 is 11.1 Å². The van der Waals surface area contributed by atoms with Gasteiger partial charge in [-0.3, -0.25) is 9.69 Å². The number of nitrogens with two attached hydrogens (primary N) is 1. The number of carbonyl (C=O) groups excluding carboxylic acids is 1. The second-order valence-electron chi connectivity index (χ2n) is 3.96. The largest absolute Gasteiger partial charge is 0.368 e. The van der Waals surface area contributed by atoms with Crippen LogP contribution >= 0.6 is 0 Å². The first-order chi connectivity index (χ1) is 7.77. The molecule has 0 aromatic carbocycles. The average Bonchev–Trinajstić information content (AvgIpc) is 2.79. The Kier molecular flexibility index (Phi) is 3.53. The van der Waals surface area contributed by atoms with Crippen LogP contribution in [-0.2, 0) is 11.3 Å². The summed E-state index contributed by atoms with van der Waals surface area (Å²) in [6, 6.07) is -0.183. The predicted molar refractivity (Wildman–Crippen MR) is 59.7 cm³/mol. The summed E-state index contributed by atoms with van der Waals surface area (Å²) in [6.07, 6.45) is 5.45. The number of imidazole rings is 1. The van der Waals surface area contributed by atoms with E-state index in [1.807, 2.05) is 10.8 Å². The minimum Gasteiger partial charge on any atom is -0.368 e. The fourth-order valence-electron chi connectivity index (χ4n) is 1.96. The Morgan fingerprint density at radius 2 is 2.44 bits per heavy atom. The first-order valence-electron chi connectivity index (χ1n) is 5.47. The molecule has 1 aromatic heterocycles. The molecule has 1 saturated heterocycles. The van der Waals surface area contributed by atoms with Crippen LogP contribution in [0.4, 0.5) is 0 Å². The standard InChI is InChI=1S/C10H17N5O/c11-10(16)9-7-12-2-4-15(9)6-5-14-3-1-13-8-14/h1,3,8-9,12H,2,4-7H2,(H2,11,16). The second-order valence-corrected chi connectivity index (χ2v) is 3.96. The minimum atomic E-state index is -0.252. The maximum absolute atomic E-state index is 11.2. The van der Waals surface area contributed by atoms with Crippen LogP contribution in [0.15, 0.2) is 18.7 Å². The van der Waals surface area contributed by atoms with Crippen LogP contribution in [0.2, 0.25) is 0 Å². The summed E-state index contributed by atoms with van der Waals surface area (Å²) >= 11 is 0. The van der Waals surface area contributed by atoms with E-state index < -0.39 is 0 Å². The quantitative estimate of drug-likeness (QED) is 0.661. The molecule has 88 valence electrons. The topological polar surface area (TPSA) is 76.2 Å². The normalized spacial score (nSPS) is 22.1. The lowest BCUT2D eigenvalue weighted by atomic mass is 10.2. The number of nitrogens with one attached hydrogen (secondary N) is 1. The minimum absolute atomic E-state index is 0.183. The zero-order valence-corrected chi connectivity index (χ0v) is 9.17. The van der Waals surface area contributed by atoms with Crippen molar-refractivity contribution in [2.24, 2.45) is 5.73 Å². The molecular formula is C10H17N5O. The predicted octanol–water partition coefficient (Wildman–Crippen LogP) is -1.36. The van der Waals surface area contributed by atoms with Crippen molar-refractivity contribution in [3.05, 3.63) is 18.7 Å². The van der Waals surface area contributed by atoms with E-state index in [1.54, 1.807) is 12.5 Å². The summed E-state index contributed by atoms with van der Waals surface area (Å²) in [5, 5.41) is 3.18. The fourth-order valence-corrected chi connectivity index (χ4v) is 1.96. The van der Waals surface area contributed by atoms with E-state index in [1.165, 1.54) is 0 Å². The third kappa shape index (κ3) is 2.59. The maximum Gasteiger partial charge on any atom is 0.236 e. The highest BCUT2D eigenvalue weighted by Gasteiger charge is 2.25. The Bertz CT molecular complexity index is 337. The molecule has 0 radical (unpaired) electrons. The van der Waals surface area contributed by atoms with Gasteiger partial charge in [-0.15, -0.1) is 0 Å². The Morgan fingerprint density at radius 1 is 1.56 bits per heavy atom. The smallest absolute Gasteiger partial charge is 0.236 e. The number of nitrogens with zero attached hydrogens (tertiary/aromatic N) is 3. The van der Waals surface area contributed by atoms with Crippen LogP contribution in [0.3, 0.4) is 0 Å². The lowest BCUT2D eigenvalue weighted by Gasteiger charge is -2.34. The van der Waals surface area contributed by atoms with Crippen molar-refractivity contribution in [3.8, 4) is 0 Å². The molecule has 6 heteroatoms. The third-order valence-electron chi connectivity index (χ3n) is 2.89. The number of carbonyl (C=O) groups is 1. The molecule has 1 atom stereocenters. The summed E-state index contributed by atoms with van der Waals surface area (Å²) in [6.45, 7) is 4.09. The Morgan fingerprint density at radius 3 is 3.12 bits per heavy atom. The molecule has 1 fully saturated rings. The summed E-state index contributed by atoms with van der Waals surface area (Å²) in [7, 11) is 0. The van der Waals surface area contributed by atoms with Crippen molar-refractivity contribution in [1.82, 2.24) is 19.8 Å². The third-order valence-corrected chi connectivity index (χ3v) is 2.89. The molecule has 6 nitrogen and oxygen atoms in total. The van der Waals surface area contributed by atoms with Gasteiger partial charge in [0.2, 0.25) is 5.91 Å². The zero-order chi connectivity index (χ0) is 11.4. The Balaban J connectivity index is 1.89. The van der Waals surface area contributed by atoms with Gasteiger partial charge in [0.05, 0.1) is 6.33 Å².